The van der Waals surface area contributed by atoms with Gasteiger partial charge in [-0.2, -0.15) is 13.2 Å². The molecular weight excluding hydrogens is 317 g/mol. The van der Waals surface area contributed by atoms with Gasteiger partial charge >= 0.3 is 6.18 Å². The molecule has 8 heteroatoms. The van der Waals surface area contributed by atoms with Crippen LogP contribution in [0.25, 0.3) is 0 Å². The Morgan fingerprint density at radius 2 is 1.95 bits per heavy atom. The maximum atomic E-state index is 13.3. The fraction of sp³-hybridized carbons (Fsp3) is 0.333. The van der Waals surface area contributed by atoms with Crippen molar-refractivity contribution in [2.75, 3.05) is 7.11 Å². The molecule has 2 aliphatic carbocycles. The maximum absolute atomic E-state index is 13.3. The largest absolute Gasteiger partial charge is 0.425 e. The van der Waals surface area contributed by atoms with Crippen molar-refractivity contribution in [1.82, 2.24) is 0 Å². The van der Waals surface area contributed by atoms with E-state index in [1.54, 1.807) is 0 Å². The van der Waals surface area contributed by atoms with Crippen molar-refractivity contribution in [3.05, 3.63) is 47.6 Å². The Balaban J connectivity index is 2.63. The van der Waals surface area contributed by atoms with Crippen LogP contribution >= 0.6 is 10.7 Å². The highest BCUT2D eigenvalue weighted by molar-refractivity contribution is 8.14. The predicted octanol–water partition coefficient (Wildman–Crippen LogP) is 2.86. The molecule has 110 valence electrons. The first-order chi connectivity index (χ1) is 9.13. The highest BCUT2D eigenvalue weighted by atomic mass is 35.7. The van der Waals surface area contributed by atoms with Gasteiger partial charge in [0.15, 0.2) is 0 Å². The summed E-state index contributed by atoms with van der Waals surface area (Å²) in [5.74, 6) is 0. The van der Waals surface area contributed by atoms with Gasteiger partial charge in [0.2, 0.25) is 14.7 Å². The molecular formula is C12H10ClF3O3S. The summed E-state index contributed by atoms with van der Waals surface area (Å²) in [6.07, 6.45) is 2.18. The van der Waals surface area contributed by atoms with Crippen molar-refractivity contribution in [1.29, 1.82) is 0 Å². The SMILES string of the molecule is COC1(C(F)(F)F)C=CC=C2C1=CC=CC2S(=O)(=O)Cl. The first-order valence-corrected chi connectivity index (χ1v) is 7.85. The van der Waals surface area contributed by atoms with Crippen molar-refractivity contribution in [3.63, 3.8) is 0 Å². The maximum Gasteiger partial charge on any atom is 0.425 e. The summed E-state index contributed by atoms with van der Waals surface area (Å²) in [6, 6.07) is 0. The third-order valence-corrected chi connectivity index (χ3v) is 4.81. The molecule has 0 aromatic carbocycles. The molecule has 0 saturated heterocycles. The van der Waals surface area contributed by atoms with Gasteiger partial charge in [-0.25, -0.2) is 8.42 Å². The van der Waals surface area contributed by atoms with Crippen LogP contribution in [0.5, 0.6) is 0 Å². The Kier molecular flexibility index (Phi) is 3.64. The second-order valence-electron chi connectivity index (χ2n) is 4.28. The van der Waals surface area contributed by atoms with Crippen molar-refractivity contribution in [2.45, 2.75) is 17.0 Å². The van der Waals surface area contributed by atoms with Crippen LogP contribution in [0.15, 0.2) is 47.6 Å². The van der Waals surface area contributed by atoms with E-state index in [9.17, 15) is 21.6 Å². The molecule has 2 atom stereocenters. The monoisotopic (exact) mass is 326 g/mol. The van der Waals surface area contributed by atoms with Gasteiger partial charge < -0.3 is 4.74 Å². The van der Waals surface area contributed by atoms with Gasteiger partial charge in [-0.3, -0.25) is 0 Å². The van der Waals surface area contributed by atoms with Crippen LogP contribution in [0.2, 0.25) is 0 Å². The summed E-state index contributed by atoms with van der Waals surface area (Å²) in [6.45, 7) is 0. The summed E-state index contributed by atoms with van der Waals surface area (Å²) >= 11 is 0. The summed E-state index contributed by atoms with van der Waals surface area (Å²) < 4.78 is 67.7. The lowest BCUT2D eigenvalue weighted by molar-refractivity contribution is -0.233. The molecule has 0 radical (unpaired) electrons. The third-order valence-electron chi connectivity index (χ3n) is 3.22. The summed E-state index contributed by atoms with van der Waals surface area (Å²) in [5, 5.41) is -1.33. The number of methoxy groups -OCH3 is 1. The summed E-state index contributed by atoms with van der Waals surface area (Å²) in [7, 11) is 2.13. The van der Waals surface area contributed by atoms with E-state index in [1.165, 1.54) is 24.3 Å². The molecule has 0 aromatic heterocycles. The van der Waals surface area contributed by atoms with Gasteiger partial charge in [-0.15, -0.1) is 0 Å². The molecule has 0 aliphatic heterocycles. The second-order valence-corrected chi connectivity index (χ2v) is 7.03. The quantitative estimate of drug-likeness (QED) is 0.733. The van der Waals surface area contributed by atoms with Crippen molar-refractivity contribution in [3.8, 4) is 0 Å². The lowest BCUT2D eigenvalue weighted by Gasteiger charge is -2.38. The van der Waals surface area contributed by atoms with Crippen molar-refractivity contribution >= 4 is 19.7 Å². The predicted molar refractivity (Wildman–Crippen MR) is 68.8 cm³/mol. The Labute approximate surface area is 118 Å². The fourth-order valence-electron chi connectivity index (χ4n) is 2.29. The minimum Gasteiger partial charge on any atom is -0.360 e. The number of halogens is 4. The molecule has 20 heavy (non-hydrogen) atoms. The Morgan fingerprint density at radius 3 is 2.45 bits per heavy atom. The van der Waals surface area contributed by atoms with Gasteiger partial charge in [-0.1, -0.05) is 30.4 Å². The number of ether oxygens (including phenoxy) is 1. The average Bonchev–Trinajstić information content (AvgIpc) is 2.34. The highest BCUT2D eigenvalue weighted by Gasteiger charge is 2.58. The Morgan fingerprint density at radius 1 is 1.30 bits per heavy atom. The normalized spacial score (nSPS) is 29.8. The van der Waals surface area contributed by atoms with Crippen LogP contribution in [0.3, 0.4) is 0 Å². The van der Waals surface area contributed by atoms with E-state index in [4.69, 9.17) is 10.7 Å². The van der Waals surface area contributed by atoms with E-state index in [0.717, 1.165) is 19.3 Å². The van der Waals surface area contributed by atoms with Crippen LogP contribution in [0, 0.1) is 0 Å². The number of alkyl halides is 3. The lowest BCUT2D eigenvalue weighted by atomic mass is 9.79. The molecule has 0 N–H and O–H groups in total. The molecule has 2 rings (SSSR count). The zero-order chi connectivity index (χ0) is 15.2. The standard InChI is InChI=1S/C12H10ClF3O3S/c1-19-11(12(14,15)16)7-3-4-8-9(11)5-2-6-10(8)20(13,17)18/h2-7,10H,1H3. The van der Waals surface area contributed by atoms with E-state index in [0.29, 0.717) is 0 Å². The van der Waals surface area contributed by atoms with E-state index in [1.807, 2.05) is 0 Å². The van der Waals surface area contributed by atoms with Crippen LogP contribution in [-0.4, -0.2) is 32.6 Å². The number of hydrogen-bond donors (Lipinski definition) is 0. The molecule has 3 nitrogen and oxygen atoms in total. The second kappa shape index (κ2) is 4.75. The van der Waals surface area contributed by atoms with Crippen LogP contribution < -0.4 is 0 Å². The van der Waals surface area contributed by atoms with E-state index < -0.39 is 26.1 Å². The van der Waals surface area contributed by atoms with Crippen LogP contribution in [-0.2, 0) is 13.8 Å². The molecule has 0 fully saturated rings. The zero-order valence-corrected chi connectivity index (χ0v) is 11.8. The molecule has 2 unspecified atom stereocenters. The zero-order valence-electron chi connectivity index (χ0n) is 10.2. The highest BCUT2D eigenvalue weighted by Crippen LogP contribution is 2.47. The van der Waals surface area contributed by atoms with E-state index >= 15 is 0 Å². The van der Waals surface area contributed by atoms with Crippen molar-refractivity contribution < 1.29 is 26.3 Å². The number of rotatable bonds is 2. The van der Waals surface area contributed by atoms with Crippen molar-refractivity contribution in [2.24, 2.45) is 0 Å². The molecule has 0 heterocycles. The lowest BCUT2D eigenvalue weighted by Crippen LogP contribution is -2.49. The van der Waals surface area contributed by atoms with Gasteiger partial charge in [0, 0.05) is 23.4 Å². The van der Waals surface area contributed by atoms with Crippen LogP contribution in [0.1, 0.15) is 0 Å². The smallest absolute Gasteiger partial charge is 0.360 e. The third kappa shape index (κ3) is 2.23. The number of hydrogen-bond acceptors (Lipinski definition) is 3. The number of fused-ring (bicyclic) bond motifs is 1. The molecule has 0 aromatic rings. The first-order valence-electron chi connectivity index (χ1n) is 5.47. The van der Waals surface area contributed by atoms with Crippen LogP contribution in [0.4, 0.5) is 13.2 Å². The first kappa shape index (κ1) is 15.3. The van der Waals surface area contributed by atoms with Gasteiger partial charge in [0.05, 0.1) is 0 Å². The Hall–Kier alpha value is -1.05. The van der Waals surface area contributed by atoms with E-state index in [2.05, 4.69) is 4.74 Å². The van der Waals surface area contributed by atoms with Gasteiger partial charge in [0.25, 0.3) is 0 Å². The fourth-order valence-corrected chi connectivity index (χ4v) is 3.55. The topological polar surface area (TPSA) is 43.4 Å². The molecule has 0 bridgehead atoms. The Bertz CT molecular complexity index is 643. The summed E-state index contributed by atoms with van der Waals surface area (Å²) in [5.41, 5.74) is -2.97. The minimum absolute atomic E-state index is 0.0378. The minimum atomic E-state index is -4.73. The molecule has 0 spiro atoms. The molecule has 0 amide bonds. The van der Waals surface area contributed by atoms with Gasteiger partial charge in [-0.05, 0) is 11.6 Å². The molecule has 2 aliphatic rings. The van der Waals surface area contributed by atoms with Gasteiger partial charge in [0.1, 0.15) is 5.25 Å². The molecule has 0 saturated carbocycles. The summed E-state index contributed by atoms with van der Waals surface area (Å²) in [4.78, 5) is 0. The average molecular weight is 327 g/mol. The number of allylic oxidation sites excluding steroid dienone is 4. The van der Waals surface area contributed by atoms with E-state index in [-0.39, 0.29) is 11.1 Å².